The highest BCUT2D eigenvalue weighted by Crippen LogP contribution is 2.31. The third-order valence-corrected chi connectivity index (χ3v) is 4.23. The first-order chi connectivity index (χ1) is 9.21. The molecule has 0 aliphatic carbocycles. The van der Waals surface area contributed by atoms with Gasteiger partial charge in [0, 0.05) is 29.8 Å². The van der Waals surface area contributed by atoms with Crippen LogP contribution in [0.1, 0.15) is 32.0 Å². The highest BCUT2D eigenvalue weighted by molar-refractivity contribution is 7.08. The third kappa shape index (κ3) is 2.93. The molecule has 0 amide bonds. The summed E-state index contributed by atoms with van der Waals surface area (Å²) in [5.74, 6) is -0.811. The molecule has 2 heterocycles. The van der Waals surface area contributed by atoms with E-state index in [1.54, 1.807) is 18.6 Å². The molecule has 0 aliphatic heterocycles. The molecule has 0 saturated carbocycles. The smallest absolute Gasteiger partial charge is 0.255 e. The number of halogens is 3. The number of aryl methyl sites for hydroxylation is 2. The van der Waals surface area contributed by atoms with Gasteiger partial charge in [-0.2, -0.15) is 11.3 Å². The first kappa shape index (κ1) is 15.6. The van der Waals surface area contributed by atoms with Crippen LogP contribution in [0.25, 0.3) is 0 Å². The van der Waals surface area contributed by atoms with Crippen molar-refractivity contribution >= 4 is 57.7 Å². The van der Waals surface area contributed by atoms with E-state index >= 15 is 0 Å². The summed E-state index contributed by atoms with van der Waals surface area (Å²) in [6, 6.07) is 1.45. The number of rotatable bonds is 3. The number of Topliss-reactive ketones (excluding diaryl/α,β-unsaturated/α-hetero) is 1. The van der Waals surface area contributed by atoms with Gasteiger partial charge in [0.2, 0.25) is 5.78 Å². The van der Waals surface area contributed by atoms with Gasteiger partial charge in [-0.15, -0.1) is 0 Å². The molecular formula is C13H10Cl3NO2S. The molecule has 0 aliphatic rings. The Kier molecular flexibility index (Phi) is 4.30. The summed E-state index contributed by atoms with van der Waals surface area (Å²) in [5.41, 5.74) is 2.10. The van der Waals surface area contributed by atoms with E-state index in [0.29, 0.717) is 11.1 Å². The lowest BCUT2D eigenvalue weighted by Gasteiger charge is -2.09. The molecule has 0 spiro atoms. The minimum absolute atomic E-state index is 0.150. The Bertz CT molecular complexity index is 682. The van der Waals surface area contributed by atoms with Gasteiger partial charge in [-0.05, 0) is 23.9 Å². The molecule has 0 unspecified atom stereocenters. The molecule has 0 N–H and O–H groups in total. The Morgan fingerprint density at radius 2 is 1.90 bits per heavy atom. The Balaban J connectivity index is 2.40. The molecule has 3 nitrogen and oxygen atoms in total. The second kappa shape index (κ2) is 5.53. The molecule has 20 heavy (non-hydrogen) atoms. The Morgan fingerprint density at radius 1 is 1.25 bits per heavy atom. The molecule has 2 aromatic rings. The average molecular weight is 351 g/mol. The summed E-state index contributed by atoms with van der Waals surface area (Å²) >= 11 is 18.2. The zero-order valence-electron chi connectivity index (χ0n) is 10.6. The van der Waals surface area contributed by atoms with Crippen molar-refractivity contribution in [2.45, 2.75) is 10.7 Å². The number of carbonyl (C=O) groups excluding carboxylic acids is 2. The number of hydrogen-bond donors (Lipinski definition) is 0. The van der Waals surface area contributed by atoms with Gasteiger partial charge in [0.1, 0.15) is 0 Å². The van der Waals surface area contributed by atoms with Gasteiger partial charge in [0.25, 0.3) is 3.79 Å². The van der Waals surface area contributed by atoms with E-state index in [1.807, 2.05) is 12.3 Å². The minimum Gasteiger partial charge on any atom is -0.347 e. The van der Waals surface area contributed by atoms with E-state index < -0.39 is 9.58 Å². The number of hydrogen-bond acceptors (Lipinski definition) is 3. The molecule has 0 atom stereocenters. The number of aromatic nitrogens is 1. The number of carbonyl (C=O) groups is 2. The molecule has 0 radical (unpaired) electrons. The number of thiophene rings is 1. The Hall–Kier alpha value is -0.810. The third-order valence-electron chi connectivity index (χ3n) is 2.86. The molecule has 2 rings (SSSR count). The van der Waals surface area contributed by atoms with E-state index in [0.717, 1.165) is 5.56 Å². The fraction of sp³-hybridized carbons (Fsp3) is 0.231. The number of ketones is 2. The lowest BCUT2D eigenvalue weighted by Crippen LogP contribution is -2.21. The fourth-order valence-corrected chi connectivity index (χ4v) is 2.93. The monoisotopic (exact) mass is 349 g/mol. The predicted octanol–water partition coefficient (Wildman–Crippen LogP) is 4.18. The van der Waals surface area contributed by atoms with E-state index in [-0.39, 0.29) is 11.5 Å². The summed E-state index contributed by atoms with van der Waals surface area (Å²) in [6.45, 7) is 1.86. The van der Waals surface area contributed by atoms with Gasteiger partial charge in [-0.1, -0.05) is 34.8 Å². The zero-order chi connectivity index (χ0) is 15.1. The van der Waals surface area contributed by atoms with Crippen molar-refractivity contribution < 1.29 is 9.59 Å². The van der Waals surface area contributed by atoms with Gasteiger partial charge in [0.15, 0.2) is 5.78 Å². The SMILES string of the molecule is Cc1cscc1C(=O)c1cc(C(=O)C(Cl)(Cl)Cl)n(C)c1. The van der Waals surface area contributed by atoms with Gasteiger partial charge < -0.3 is 4.57 Å². The molecule has 2 aromatic heterocycles. The van der Waals surface area contributed by atoms with E-state index in [2.05, 4.69) is 0 Å². The van der Waals surface area contributed by atoms with Gasteiger partial charge in [-0.25, -0.2) is 0 Å². The predicted molar refractivity (Wildman–Crippen MR) is 82.5 cm³/mol. The van der Waals surface area contributed by atoms with E-state index in [1.165, 1.54) is 22.0 Å². The minimum atomic E-state index is -2.04. The maximum absolute atomic E-state index is 12.3. The molecule has 106 valence electrons. The average Bonchev–Trinajstić information content (AvgIpc) is 2.92. The first-order valence-electron chi connectivity index (χ1n) is 5.57. The van der Waals surface area contributed by atoms with Crippen LogP contribution < -0.4 is 0 Å². The summed E-state index contributed by atoms with van der Waals surface area (Å²) in [6.07, 6.45) is 1.56. The quantitative estimate of drug-likeness (QED) is 0.615. The fourth-order valence-electron chi connectivity index (χ4n) is 1.81. The highest BCUT2D eigenvalue weighted by atomic mass is 35.6. The first-order valence-corrected chi connectivity index (χ1v) is 7.65. The summed E-state index contributed by atoms with van der Waals surface area (Å²) in [7, 11) is 1.63. The molecular weight excluding hydrogens is 341 g/mol. The lowest BCUT2D eigenvalue weighted by molar-refractivity contribution is 0.0988. The van der Waals surface area contributed by atoms with Crippen LogP contribution in [0.2, 0.25) is 0 Å². The molecule has 0 fully saturated rings. The molecule has 0 bridgehead atoms. The number of alkyl halides is 3. The van der Waals surface area contributed by atoms with Crippen LogP contribution in [0.5, 0.6) is 0 Å². The molecule has 0 aromatic carbocycles. The standard InChI is InChI=1S/C13H10Cl3NO2S/c1-7-5-20-6-9(7)11(18)8-3-10(17(2)4-8)12(19)13(14,15)16/h3-6H,1-2H3. The van der Waals surface area contributed by atoms with E-state index in [4.69, 9.17) is 34.8 Å². The van der Waals surface area contributed by atoms with Crippen molar-refractivity contribution in [1.29, 1.82) is 0 Å². The molecule has 0 saturated heterocycles. The second-order valence-corrected chi connectivity index (χ2v) is 7.37. The van der Waals surface area contributed by atoms with Crippen LogP contribution in [0, 0.1) is 6.92 Å². The maximum Gasteiger partial charge on any atom is 0.255 e. The Morgan fingerprint density at radius 3 is 2.40 bits per heavy atom. The maximum atomic E-state index is 12.3. The van der Waals surface area contributed by atoms with Crippen molar-refractivity contribution in [3.05, 3.63) is 45.4 Å². The summed E-state index contributed by atoms with van der Waals surface area (Å²) in [4.78, 5) is 24.3. The lowest BCUT2D eigenvalue weighted by atomic mass is 10.1. The van der Waals surface area contributed by atoms with Gasteiger partial charge in [-0.3, -0.25) is 9.59 Å². The highest BCUT2D eigenvalue weighted by Gasteiger charge is 2.34. The van der Waals surface area contributed by atoms with Crippen LogP contribution >= 0.6 is 46.1 Å². The van der Waals surface area contributed by atoms with Crippen LogP contribution in [0.15, 0.2) is 23.0 Å². The zero-order valence-corrected chi connectivity index (χ0v) is 13.7. The normalized spacial score (nSPS) is 11.7. The van der Waals surface area contributed by atoms with Crippen LogP contribution in [-0.2, 0) is 7.05 Å². The van der Waals surface area contributed by atoms with Crippen LogP contribution in [-0.4, -0.2) is 19.9 Å². The largest absolute Gasteiger partial charge is 0.347 e. The van der Waals surface area contributed by atoms with Crippen molar-refractivity contribution in [3.63, 3.8) is 0 Å². The van der Waals surface area contributed by atoms with Crippen molar-refractivity contribution in [1.82, 2.24) is 4.57 Å². The van der Waals surface area contributed by atoms with Crippen molar-refractivity contribution in [3.8, 4) is 0 Å². The second-order valence-electron chi connectivity index (χ2n) is 4.35. The van der Waals surface area contributed by atoms with Crippen LogP contribution in [0.3, 0.4) is 0 Å². The van der Waals surface area contributed by atoms with E-state index in [9.17, 15) is 9.59 Å². The van der Waals surface area contributed by atoms with Gasteiger partial charge >= 0.3 is 0 Å². The Labute approximate surface area is 135 Å². The number of nitrogens with zero attached hydrogens (tertiary/aromatic N) is 1. The summed E-state index contributed by atoms with van der Waals surface area (Å²) < 4.78 is -0.552. The summed E-state index contributed by atoms with van der Waals surface area (Å²) in [5, 5.41) is 3.67. The van der Waals surface area contributed by atoms with Crippen molar-refractivity contribution in [2.75, 3.05) is 0 Å². The molecule has 7 heteroatoms. The van der Waals surface area contributed by atoms with Crippen molar-refractivity contribution in [2.24, 2.45) is 7.05 Å². The van der Waals surface area contributed by atoms with Crippen LogP contribution in [0.4, 0.5) is 0 Å². The van der Waals surface area contributed by atoms with Gasteiger partial charge in [0.05, 0.1) is 5.69 Å². The topological polar surface area (TPSA) is 39.1 Å².